The Kier molecular flexibility index (Phi) is 4.48. The van der Waals surface area contributed by atoms with Crippen LogP contribution >= 0.6 is 0 Å². The Morgan fingerprint density at radius 2 is 1.95 bits per heavy atom. The molecular formula is C17H20N2O2. The lowest BCUT2D eigenvalue weighted by Crippen LogP contribution is -2.13. The number of anilines is 2. The van der Waals surface area contributed by atoms with Crippen LogP contribution in [-0.4, -0.2) is 13.0 Å². The van der Waals surface area contributed by atoms with Gasteiger partial charge in [-0.05, 0) is 41.8 Å². The third kappa shape index (κ3) is 3.54. The fourth-order valence-electron chi connectivity index (χ4n) is 2.08. The van der Waals surface area contributed by atoms with Crippen LogP contribution in [0.4, 0.5) is 11.4 Å². The Balaban J connectivity index is 2.26. The summed E-state index contributed by atoms with van der Waals surface area (Å²) in [6.45, 7) is 4.23. The number of carbonyl (C=O) groups excluding carboxylic acids is 1. The van der Waals surface area contributed by atoms with Gasteiger partial charge in [-0.25, -0.2) is 0 Å². The Labute approximate surface area is 124 Å². The highest BCUT2D eigenvalue weighted by Crippen LogP contribution is 2.23. The maximum atomic E-state index is 12.4. The molecule has 21 heavy (non-hydrogen) atoms. The zero-order chi connectivity index (χ0) is 15.4. The van der Waals surface area contributed by atoms with E-state index in [1.54, 1.807) is 18.2 Å². The molecule has 0 spiro atoms. The number of nitrogens with two attached hydrogens (primary N) is 1. The van der Waals surface area contributed by atoms with Crippen LogP contribution < -0.4 is 15.8 Å². The second-order valence-electron chi connectivity index (χ2n) is 5.19. The summed E-state index contributed by atoms with van der Waals surface area (Å²) in [6.07, 6.45) is 0. The summed E-state index contributed by atoms with van der Waals surface area (Å²) in [5, 5.41) is 2.88. The van der Waals surface area contributed by atoms with Crippen LogP contribution in [-0.2, 0) is 0 Å². The SMILES string of the molecule is COc1ccc(N)cc1C(=O)Nc1cccc(C(C)C)c1. The maximum Gasteiger partial charge on any atom is 0.259 e. The molecule has 0 atom stereocenters. The van der Waals surface area contributed by atoms with E-state index in [1.807, 2.05) is 24.3 Å². The first-order valence-corrected chi connectivity index (χ1v) is 6.86. The highest BCUT2D eigenvalue weighted by Gasteiger charge is 2.13. The number of carbonyl (C=O) groups is 1. The van der Waals surface area contributed by atoms with Gasteiger partial charge in [0.1, 0.15) is 5.75 Å². The molecule has 110 valence electrons. The van der Waals surface area contributed by atoms with Gasteiger partial charge in [-0.1, -0.05) is 26.0 Å². The molecule has 0 bridgehead atoms. The van der Waals surface area contributed by atoms with E-state index in [2.05, 4.69) is 19.2 Å². The molecule has 2 aromatic rings. The lowest BCUT2D eigenvalue weighted by Gasteiger charge is -2.12. The lowest BCUT2D eigenvalue weighted by atomic mass is 10.0. The zero-order valence-corrected chi connectivity index (χ0v) is 12.5. The highest BCUT2D eigenvalue weighted by atomic mass is 16.5. The second-order valence-corrected chi connectivity index (χ2v) is 5.19. The van der Waals surface area contributed by atoms with Crippen LogP contribution in [0.15, 0.2) is 42.5 Å². The number of methoxy groups -OCH3 is 1. The van der Waals surface area contributed by atoms with Crippen molar-refractivity contribution in [1.82, 2.24) is 0 Å². The fraction of sp³-hybridized carbons (Fsp3) is 0.235. The quantitative estimate of drug-likeness (QED) is 0.842. The Morgan fingerprint density at radius 3 is 2.62 bits per heavy atom. The zero-order valence-electron chi connectivity index (χ0n) is 12.5. The van der Waals surface area contributed by atoms with Gasteiger partial charge in [0.05, 0.1) is 12.7 Å². The molecular weight excluding hydrogens is 264 g/mol. The molecule has 0 heterocycles. The number of benzene rings is 2. The van der Waals surface area contributed by atoms with E-state index in [1.165, 1.54) is 12.7 Å². The Hall–Kier alpha value is -2.49. The summed E-state index contributed by atoms with van der Waals surface area (Å²) in [7, 11) is 1.53. The van der Waals surface area contributed by atoms with Crippen molar-refractivity contribution in [3.63, 3.8) is 0 Å². The first-order valence-electron chi connectivity index (χ1n) is 6.86. The number of hydrogen-bond acceptors (Lipinski definition) is 3. The Morgan fingerprint density at radius 1 is 1.19 bits per heavy atom. The van der Waals surface area contributed by atoms with Gasteiger partial charge in [0.25, 0.3) is 5.91 Å². The van der Waals surface area contributed by atoms with Crippen LogP contribution in [0.5, 0.6) is 5.75 Å². The number of nitrogen functional groups attached to an aromatic ring is 1. The molecule has 0 saturated heterocycles. The van der Waals surface area contributed by atoms with Crippen LogP contribution in [0, 0.1) is 0 Å². The van der Waals surface area contributed by atoms with E-state index in [4.69, 9.17) is 10.5 Å². The van der Waals surface area contributed by atoms with Gasteiger partial charge in [-0.2, -0.15) is 0 Å². The van der Waals surface area contributed by atoms with Gasteiger partial charge >= 0.3 is 0 Å². The topological polar surface area (TPSA) is 64.3 Å². The highest BCUT2D eigenvalue weighted by molar-refractivity contribution is 6.06. The molecule has 0 fully saturated rings. The van der Waals surface area contributed by atoms with Crippen molar-refractivity contribution < 1.29 is 9.53 Å². The van der Waals surface area contributed by atoms with Crippen molar-refractivity contribution in [2.45, 2.75) is 19.8 Å². The molecule has 2 rings (SSSR count). The molecule has 2 aromatic carbocycles. The van der Waals surface area contributed by atoms with E-state index in [0.717, 1.165) is 5.69 Å². The Bertz CT molecular complexity index is 651. The van der Waals surface area contributed by atoms with Crippen molar-refractivity contribution >= 4 is 17.3 Å². The van der Waals surface area contributed by atoms with Gasteiger partial charge in [-0.3, -0.25) is 4.79 Å². The monoisotopic (exact) mass is 284 g/mol. The number of rotatable bonds is 4. The molecule has 4 heteroatoms. The minimum atomic E-state index is -0.236. The van der Waals surface area contributed by atoms with Crippen molar-refractivity contribution in [3.8, 4) is 5.75 Å². The van der Waals surface area contributed by atoms with Crippen molar-refractivity contribution in [2.75, 3.05) is 18.2 Å². The normalized spacial score (nSPS) is 10.5. The van der Waals surface area contributed by atoms with Crippen LogP contribution in [0.25, 0.3) is 0 Å². The van der Waals surface area contributed by atoms with E-state index in [9.17, 15) is 4.79 Å². The lowest BCUT2D eigenvalue weighted by molar-refractivity contribution is 0.102. The average molecular weight is 284 g/mol. The van der Waals surface area contributed by atoms with Crippen LogP contribution in [0.2, 0.25) is 0 Å². The molecule has 0 aromatic heterocycles. The predicted octanol–water partition coefficient (Wildman–Crippen LogP) is 3.65. The summed E-state index contributed by atoms with van der Waals surface area (Å²) in [5.41, 5.74) is 8.62. The number of nitrogens with one attached hydrogen (secondary N) is 1. The van der Waals surface area contributed by atoms with E-state index >= 15 is 0 Å². The maximum absolute atomic E-state index is 12.4. The molecule has 0 aliphatic rings. The van der Waals surface area contributed by atoms with Gasteiger partial charge in [0.15, 0.2) is 0 Å². The van der Waals surface area contributed by atoms with E-state index < -0.39 is 0 Å². The smallest absolute Gasteiger partial charge is 0.259 e. The minimum Gasteiger partial charge on any atom is -0.496 e. The molecule has 0 saturated carbocycles. The summed E-state index contributed by atoms with van der Waals surface area (Å²) in [6, 6.07) is 12.8. The first-order chi connectivity index (χ1) is 10.0. The largest absolute Gasteiger partial charge is 0.496 e. The molecule has 0 aliphatic carbocycles. The van der Waals surface area contributed by atoms with Gasteiger partial charge in [0.2, 0.25) is 0 Å². The molecule has 1 amide bonds. The number of ether oxygens (including phenoxy) is 1. The standard InChI is InChI=1S/C17H20N2O2/c1-11(2)12-5-4-6-14(9-12)19-17(20)15-10-13(18)7-8-16(15)21-3/h4-11H,18H2,1-3H3,(H,19,20). The number of hydrogen-bond donors (Lipinski definition) is 2. The molecule has 0 radical (unpaired) electrons. The first kappa shape index (κ1) is 14.9. The fourth-order valence-corrected chi connectivity index (χ4v) is 2.08. The van der Waals surface area contributed by atoms with E-state index in [0.29, 0.717) is 22.9 Å². The summed E-state index contributed by atoms with van der Waals surface area (Å²) >= 11 is 0. The average Bonchev–Trinajstić information content (AvgIpc) is 2.47. The van der Waals surface area contributed by atoms with Crippen molar-refractivity contribution in [3.05, 3.63) is 53.6 Å². The van der Waals surface area contributed by atoms with Crippen LogP contribution in [0.3, 0.4) is 0 Å². The third-order valence-corrected chi connectivity index (χ3v) is 3.28. The molecule has 0 unspecified atom stereocenters. The van der Waals surface area contributed by atoms with Gasteiger partial charge in [0, 0.05) is 11.4 Å². The molecule has 3 N–H and O–H groups in total. The molecule has 4 nitrogen and oxygen atoms in total. The van der Waals surface area contributed by atoms with Crippen molar-refractivity contribution in [1.29, 1.82) is 0 Å². The van der Waals surface area contributed by atoms with E-state index in [-0.39, 0.29) is 5.91 Å². The summed E-state index contributed by atoms with van der Waals surface area (Å²) < 4.78 is 5.20. The predicted molar refractivity (Wildman–Crippen MR) is 85.9 cm³/mol. The molecule has 0 aliphatic heterocycles. The third-order valence-electron chi connectivity index (χ3n) is 3.28. The number of amides is 1. The van der Waals surface area contributed by atoms with Crippen molar-refractivity contribution in [2.24, 2.45) is 0 Å². The van der Waals surface area contributed by atoms with Crippen LogP contribution in [0.1, 0.15) is 35.7 Å². The van der Waals surface area contributed by atoms with Gasteiger partial charge < -0.3 is 15.8 Å². The summed E-state index contributed by atoms with van der Waals surface area (Å²) in [4.78, 5) is 12.4. The minimum absolute atomic E-state index is 0.236. The summed E-state index contributed by atoms with van der Waals surface area (Å²) in [5.74, 6) is 0.672. The second kappa shape index (κ2) is 6.31. The van der Waals surface area contributed by atoms with Gasteiger partial charge in [-0.15, -0.1) is 0 Å².